The van der Waals surface area contributed by atoms with Crippen molar-refractivity contribution < 1.29 is 28.3 Å². The van der Waals surface area contributed by atoms with Crippen molar-refractivity contribution in [3.63, 3.8) is 0 Å². The zero-order valence-electron chi connectivity index (χ0n) is 31.2. The van der Waals surface area contributed by atoms with Crippen LogP contribution in [0.2, 0.25) is 10.0 Å². The van der Waals surface area contributed by atoms with E-state index in [4.69, 9.17) is 38.8 Å². The number of pyridine rings is 1. The number of amides is 4. The lowest BCUT2D eigenvalue weighted by Crippen LogP contribution is -2.54. The third-order valence-electron chi connectivity index (χ3n) is 11.6. The Bertz CT molecular complexity index is 2230. The monoisotopic (exact) mass is 816 g/mol. The molecule has 3 aliphatic heterocycles. The van der Waals surface area contributed by atoms with Crippen LogP contribution in [0.4, 0.5) is 15.9 Å². The van der Waals surface area contributed by atoms with Gasteiger partial charge in [-0.25, -0.2) is 9.37 Å². The Balaban J connectivity index is 0.818. The molecule has 4 amide bonds. The van der Waals surface area contributed by atoms with Crippen molar-refractivity contribution in [3.05, 3.63) is 87.5 Å². The predicted octanol–water partition coefficient (Wildman–Crippen LogP) is 6.30. The summed E-state index contributed by atoms with van der Waals surface area (Å²) in [5.41, 5.74) is 9.64. The lowest BCUT2D eigenvalue weighted by Gasteiger charge is -2.37. The number of aromatic nitrogens is 3. The molecule has 1 unspecified atom stereocenters. The van der Waals surface area contributed by atoms with E-state index in [9.17, 15) is 23.6 Å². The molecule has 0 bridgehead atoms. The molecule has 0 radical (unpaired) electrons. The lowest BCUT2D eigenvalue weighted by atomic mass is 9.85. The van der Waals surface area contributed by atoms with E-state index in [0.29, 0.717) is 34.7 Å². The third-order valence-corrected chi connectivity index (χ3v) is 12.4. The molecule has 2 saturated heterocycles. The summed E-state index contributed by atoms with van der Waals surface area (Å²) in [6.07, 6.45) is 12.4. The van der Waals surface area contributed by atoms with E-state index in [0.717, 1.165) is 79.9 Å². The van der Waals surface area contributed by atoms with Gasteiger partial charge in [0.25, 0.3) is 11.8 Å². The number of hydrogen-bond donors (Lipinski definition) is 3. The number of nitrogens with two attached hydrogens (primary N) is 1. The van der Waals surface area contributed by atoms with Gasteiger partial charge < -0.3 is 20.7 Å². The second-order valence-corrected chi connectivity index (χ2v) is 16.1. The molecule has 57 heavy (non-hydrogen) atoms. The first-order valence-corrected chi connectivity index (χ1v) is 20.2. The van der Waals surface area contributed by atoms with Crippen LogP contribution in [0.25, 0.3) is 11.1 Å². The molecule has 4 N–H and O–H groups in total. The van der Waals surface area contributed by atoms with Gasteiger partial charge in [0.15, 0.2) is 11.6 Å². The van der Waals surface area contributed by atoms with Crippen molar-refractivity contribution in [3.8, 4) is 16.9 Å². The van der Waals surface area contributed by atoms with Gasteiger partial charge in [-0.05, 0) is 99.4 Å². The molecule has 13 nitrogen and oxygen atoms in total. The van der Waals surface area contributed by atoms with E-state index in [2.05, 4.69) is 25.2 Å². The number of piperidine rings is 2. The molecule has 2 atom stereocenters. The standard InChI is InChI=1S/C41H43Cl2FN8O5/c42-32-9-10-33(44)37(43)30(32)13-15-57-35-16-24(18-46-38(35)45)25-19-47-51(21-25)28-6-3-23(4-7-28)20-50-14-1-2-27(22-50)48-26-5-8-29-31(17-26)41(56)52(40(29)55)34-11-12-36(53)49-39(34)54/h5,8-10,16-19,21,23,27-28,34,48H,1-4,6-7,11-15,20,22H2,(H2,45,46)(H,49,53,54)/t23?,27-,28?,34?/m1/s1. The van der Waals surface area contributed by atoms with Gasteiger partial charge in [-0.15, -0.1) is 0 Å². The van der Waals surface area contributed by atoms with Crippen LogP contribution in [0, 0.1) is 11.7 Å². The summed E-state index contributed by atoms with van der Waals surface area (Å²) in [7, 11) is 0. The van der Waals surface area contributed by atoms with Crippen molar-refractivity contribution in [2.45, 2.75) is 75.9 Å². The number of fused-ring (bicyclic) bond motifs is 1. The zero-order chi connectivity index (χ0) is 39.8. The van der Waals surface area contributed by atoms with Gasteiger partial charge in [-0.1, -0.05) is 23.2 Å². The molecule has 298 valence electrons. The summed E-state index contributed by atoms with van der Waals surface area (Å²) in [5, 5.41) is 10.9. The highest BCUT2D eigenvalue weighted by Crippen LogP contribution is 2.36. The summed E-state index contributed by atoms with van der Waals surface area (Å²) >= 11 is 12.3. The minimum absolute atomic E-state index is 0.0160. The molecule has 1 aliphatic carbocycles. The van der Waals surface area contributed by atoms with Crippen LogP contribution < -0.4 is 21.1 Å². The van der Waals surface area contributed by atoms with E-state index in [-0.39, 0.29) is 47.5 Å². The van der Waals surface area contributed by atoms with Gasteiger partial charge in [0.1, 0.15) is 11.9 Å². The normalized spacial score (nSPS) is 22.8. The number of benzene rings is 2. The van der Waals surface area contributed by atoms with Gasteiger partial charge in [0.2, 0.25) is 11.8 Å². The number of nitrogens with one attached hydrogen (secondary N) is 2. The highest BCUT2D eigenvalue weighted by Gasteiger charge is 2.44. The van der Waals surface area contributed by atoms with Gasteiger partial charge in [-0.3, -0.25) is 34.1 Å². The van der Waals surface area contributed by atoms with Crippen molar-refractivity contribution in [1.29, 1.82) is 0 Å². The number of nitrogen functional groups attached to an aromatic ring is 1. The van der Waals surface area contributed by atoms with Crippen LogP contribution in [-0.4, -0.2) is 86.5 Å². The predicted molar refractivity (Wildman–Crippen MR) is 213 cm³/mol. The fourth-order valence-corrected chi connectivity index (χ4v) is 9.13. The number of ether oxygens (including phenoxy) is 1. The molecule has 0 spiro atoms. The van der Waals surface area contributed by atoms with Gasteiger partial charge in [0.05, 0.1) is 35.0 Å². The smallest absolute Gasteiger partial charge is 0.262 e. The summed E-state index contributed by atoms with van der Waals surface area (Å²) < 4.78 is 21.9. The number of rotatable bonds is 11. The van der Waals surface area contributed by atoms with Crippen LogP contribution in [-0.2, 0) is 16.0 Å². The molecular formula is C41H43Cl2FN8O5. The molecule has 8 rings (SSSR count). The Morgan fingerprint density at radius 1 is 0.947 bits per heavy atom. The first-order chi connectivity index (χ1) is 27.5. The third kappa shape index (κ3) is 8.21. The molecule has 4 aromatic rings. The van der Waals surface area contributed by atoms with E-state index in [1.54, 1.807) is 18.3 Å². The fourth-order valence-electron chi connectivity index (χ4n) is 8.57. The second-order valence-electron chi connectivity index (χ2n) is 15.4. The van der Waals surface area contributed by atoms with E-state index in [1.807, 2.05) is 24.5 Å². The Labute approximate surface area is 339 Å². The zero-order valence-corrected chi connectivity index (χ0v) is 32.7. The van der Waals surface area contributed by atoms with Crippen molar-refractivity contribution in [2.75, 3.05) is 37.3 Å². The van der Waals surface area contributed by atoms with Gasteiger partial charge in [-0.2, -0.15) is 5.10 Å². The molecule has 2 aromatic carbocycles. The summed E-state index contributed by atoms with van der Waals surface area (Å²) in [6.45, 7) is 3.11. The van der Waals surface area contributed by atoms with Crippen LogP contribution in [0.5, 0.6) is 5.75 Å². The number of nitrogens with zero attached hydrogens (tertiary/aromatic N) is 5. The number of imide groups is 2. The van der Waals surface area contributed by atoms with E-state index < -0.39 is 35.5 Å². The van der Waals surface area contributed by atoms with Crippen molar-refractivity contribution >= 4 is 58.3 Å². The van der Waals surface area contributed by atoms with E-state index >= 15 is 0 Å². The Hall–Kier alpha value is -5.05. The lowest BCUT2D eigenvalue weighted by molar-refractivity contribution is -0.136. The van der Waals surface area contributed by atoms with Gasteiger partial charge >= 0.3 is 0 Å². The maximum atomic E-state index is 13.9. The SMILES string of the molecule is Nc1ncc(-c2cnn(C3CCC(CN4CCC[C@@H](Nc5ccc6c(c5)C(=O)N(C5CCC(=O)NC5=O)C6=O)C4)CC3)c2)cc1OCCc1c(Cl)ccc(F)c1Cl. The van der Waals surface area contributed by atoms with Gasteiger partial charge in [0, 0.05) is 66.2 Å². The topological polar surface area (TPSA) is 165 Å². The fraction of sp³-hybridized carbons (Fsp3) is 0.415. The summed E-state index contributed by atoms with van der Waals surface area (Å²) in [5.74, 6) is -1.32. The number of anilines is 2. The first-order valence-electron chi connectivity index (χ1n) is 19.4. The second kappa shape index (κ2) is 16.4. The Morgan fingerprint density at radius 3 is 2.56 bits per heavy atom. The Kier molecular flexibility index (Phi) is 11.2. The highest BCUT2D eigenvalue weighted by molar-refractivity contribution is 6.36. The van der Waals surface area contributed by atoms with Crippen LogP contribution in [0.1, 0.15) is 83.7 Å². The molecule has 5 heterocycles. The molecular weight excluding hydrogens is 774 g/mol. The minimum Gasteiger partial charge on any atom is -0.489 e. The van der Waals surface area contributed by atoms with E-state index in [1.165, 1.54) is 12.1 Å². The molecule has 4 aliphatic rings. The van der Waals surface area contributed by atoms with Crippen molar-refractivity contribution in [1.82, 2.24) is 29.9 Å². The minimum atomic E-state index is -0.985. The molecule has 3 fully saturated rings. The first kappa shape index (κ1) is 38.8. The number of hydrogen-bond acceptors (Lipinski definition) is 10. The number of carbonyl (C=O) groups excluding carboxylic acids is 4. The molecule has 1 saturated carbocycles. The quantitative estimate of drug-likeness (QED) is 0.116. The molecule has 16 heteroatoms. The van der Waals surface area contributed by atoms with Crippen LogP contribution >= 0.6 is 23.2 Å². The maximum Gasteiger partial charge on any atom is 0.262 e. The average molecular weight is 818 g/mol. The highest BCUT2D eigenvalue weighted by atomic mass is 35.5. The number of halogens is 3. The Morgan fingerprint density at radius 2 is 1.75 bits per heavy atom. The number of likely N-dealkylation sites (tertiary alicyclic amines) is 1. The largest absolute Gasteiger partial charge is 0.489 e. The molecule has 2 aromatic heterocycles. The van der Waals surface area contributed by atoms with Crippen LogP contribution in [0.15, 0.2) is 55.0 Å². The summed E-state index contributed by atoms with van der Waals surface area (Å²) in [6, 6.07) is 9.22. The van der Waals surface area contributed by atoms with Crippen LogP contribution in [0.3, 0.4) is 0 Å². The average Bonchev–Trinajstić information content (AvgIpc) is 3.78. The maximum absolute atomic E-state index is 13.9. The summed E-state index contributed by atoms with van der Waals surface area (Å²) in [4.78, 5) is 58.4. The van der Waals surface area contributed by atoms with Crippen molar-refractivity contribution in [2.24, 2.45) is 5.92 Å². The number of carbonyl (C=O) groups is 4.